The molecular weight excluding hydrogens is 388 g/mol. The summed E-state index contributed by atoms with van der Waals surface area (Å²) in [6.07, 6.45) is 0. The Labute approximate surface area is 162 Å². The van der Waals surface area contributed by atoms with E-state index in [9.17, 15) is 23.5 Å². The molecule has 5 nitrogen and oxygen atoms in total. The normalized spacial score (nSPS) is 16.9. The Kier molecular flexibility index (Phi) is 4.35. The lowest BCUT2D eigenvalue weighted by Crippen LogP contribution is -2.31. The molecule has 0 radical (unpaired) electrons. The third-order valence-electron chi connectivity index (χ3n) is 4.40. The fraction of sp³-hybridized carbons (Fsp3) is 0.100. The number of Topliss-reactive ketones (excluding diaryl/α,β-unsaturated/α-hetero) is 1. The van der Waals surface area contributed by atoms with Crippen molar-refractivity contribution in [3.05, 3.63) is 87.2 Å². The largest absolute Gasteiger partial charge is 0.503 e. The molecule has 3 aromatic rings. The molecule has 2 aromatic heterocycles. The number of hydrogen-bond acceptors (Lipinski definition) is 5. The molecule has 0 saturated heterocycles. The van der Waals surface area contributed by atoms with Gasteiger partial charge in [0.2, 0.25) is 5.78 Å². The van der Waals surface area contributed by atoms with Gasteiger partial charge in [-0.1, -0.05) is 6.07 Å². The summed E-state index contributed by atoms with van der Waals surface area (Å²) in [4.78, 5) is 26.9. The summed E-state index contributed by atoms with van der Waals surface area (Å²) in [6, 6.07) is 7.74. The number of anilines is 1. The van der Waals surface area contributed by atoms with E-state index in [0.717, 1.165) is 34.4 Å². The second kappa shape index (κ2) is 6.72. The number of hydrogen-bond donors (Lipinski definition) is 1. The number of carbonyl (C=O) groups is 2. The van der Waals surface area contributed by atoms with Gasteiger partial charge in [-0.25, -0.2) is 8.78 Å². The fourth-order valence-corrected chi connectivity index (χ4v) is 3.84. The van der Waals surface area contributed by atoms with E-state index >= 15 is 0 Å². The van der Waals surface area contributed by atoms with E-state index in [1.165, 1.54) is 6.07 Å². The van der Waals surface area contributed by atoms with Crippen LogP contribution in [-0.4, -0.2) is 16.8 Å². The molecule has 142 valence electrons. The van der Waals surface area contributed by atoms with Crippen LogP contribution in [0.25, 0.3) is 0 Å². The molecule has 0 aliphatic carbocycles. The van der Waals surface area contributed by atoms with Crippen molar-refractivity contribution >= 4 is 28.7 Å². The minimum absolute atomic E-state index is 0.151. The number of ketones is 1. The molecule has 1 unspecified atom stereocenters. The predicted molar refractivity (Wildman–Crippen MR) is 98.3 cm³/mol. The Morgan fingerprint density at radius 2 is 2.00 bits per heavy atom. The van der Waals surface area contributed by atoms with E-state index in [1.54, 1.807) is 30.5 Å². The minimum Gasteiger partial charge on any atom is -0.503 e. The molecule has 1 aromatic carbocycles. The summed E-state index contributed by atoms with van der Waals surface area (Å²) in [5.74, 6) is -3.41. The van der Waals surface area contributed by atoms with Crippen molar-refractivity contribution in [2.45, 2.75) is 13.0 Å². The van der Waals surface area contributed by atoms with Crippen molar-refractivity contribution in [3.8, 4) is 0 Å². The van der Waals surface area contributed by atoms with E-state index in [0.29, 0.717) is 10.6 Å². The van der Waals surface area contributed by atoms with Gasteiger partial charge in [-0.2, -0.15) is 0 Å². The molecule has 8 heteroatoms. The van der Waals surface area contributed by atoms with Gasteiger partial charge in [-0.15, -0.1) is 11.3 Å². The number of benzene rings is 1. The Balaban J connectivity index is 1.91. The van der Waals surface area contributed by atoms with E-state index in [4.69, 9.17) is 4.42 Å². The van der Waals surface area contributed by atoms with E-state index < -0.39 is 40.8 Å². The van der Waals surface area contributed by atoms with Crippen LogP contribution in [0.2, 0.25) is 0 Å². The molecular formula is C20H13F2NO4S. The third-order valence-corrected chi connectivity index (χ3v) is 5.26. The highest BCUT2D eigenvalue weighted by molar-refractivity contribution is 7.12. The highest BCUT2D eigenvalue weighted by Gasteiger charge is 2.47. The first-order valence-electron chi connectivity index (χ1n) is 8.24. The highest BCUT2D eigenvalue weighted by Crippen LogP contribution is 2.43. The fourth-order valence-electron chi connectivity index (χ4n) is 3.17. The number of furan rings is 1. The molecule has 1 aliphatic rings. The van der Waals surface area contributed by atoms with Crippen LogP contribution in [0.3, 0.4) is 0 Å². The zero-order chi connectivity index (χ0) is 20.0. The molecule has 3 heterocycles. The Morgan fingerprint density at radius 3 is 2.64 bits per heavy atom. The molecule has 0 fully saturated rings. The third kappa shape index (κ3) is 2.82. The lowest BCUT2D eigenvalue weighted by Gasteiger charge is -2.25. The molecule has 0 spiro atoms. The first-order valence-corrected chi connectivity index (χ1v) is 9.12. The number of rotatable bonds is 4. The van der Waals surface area contributed by atoms with Crippen LogP contribution in [0.15, 0.2) is 63.6 Å². The molecule has 4 rings (SSSR count). The number of amides is 1. The monoisotopic (exact) mass is 401 g/mol. The molecule has 1 amide bonds. The van der Waals surface area contributed by atoms with Crippen LogP contribution in [-0.2, 0) is 4.79 Å². The SMILES string of the molecule is Cc1ccc(C2C(C(=O)c3cccs3)=C(O)C(=O)N2c2cc(F)ccc2F)o1. The summed E-state index contributed by atoms with van der Waals surface area (Å²) in [5, 5.41) is 12.1. The zero-order valence-electron chi connectivity index (χ0n) is 14.5. The Morgan fingerprint density at radius 1 is 1.21 bits per heavy atom. The van der Waals surface area contributed by atoms with Gasteiger partial charge in [-0.3, -0.25) is 14.5 Å². The standard InChI is InChI=1S/C20H13F2NO4S/c1-10-4-7-14(27-10)17-16(18(24)15-3-2-8-28-15)19(25)20(26)23(17)13-9-11(21)5-6-12(13)22/h2-9,17,25H,1H3. The summed E-state index contributed by atoms with van der Waals surface area (Å²) in [5.41, 5.74) is -0.643. The second-order valence-electron chi connectivity index (χ2n) is 6.19. The van der Waals surface area contributed by atoms with Crippen molar-refractivity contribution in [3.63, 3.8) is 0 Å². The van der Waals surface area contributed by atoms with Crippen LogP contribution in [0.1, 0.15) is 27.2 Å². The zero-order valence-corrected chi connectivity index (χ0v) is 15.3. The Bertz CT molecular complexity index is 1120. The van der Waals surface area contributed by atoms with Gasteiger partial charge in [0.1, 0.15) is 29.2 Å². The number of aryl methyl sites for hydroxylation is 1. The van der Waals surface area contributed by atoms with Crippen LogP contribution in [0.4, 0.5) is 14.5 Å². The van der Waals surface area contributed by atoms with Crippen molar-refractivity contribution < 1.29 is 27.9 Å². The predicted octanol–water partition coefficient (Wildman–Crippen LogP) is 4.71. The quantitative estimate of drug-likeness (QED) is 0.643. The maximum Gasteiger partial charge on any atom is 0.294 e. The van der Waals surface area contributed by atoms with E-state index in [1.807, 2.05) is 0 Å². The van der Waals surface area contributed by atoms with E-state index in [-0.39, 0.29) is 11.3 Å². The number of nitrogens with zero attached hydrogens (tertiary/aromatic N) is 1. The number of thiophene rings is 1. The van der Waals surface area contributed by atoms with Crippen LogP contribution in [0.5, 0.6) is 0 Å². The second-order valence-corrected chi connectivity index (χ2v) is 7.14. The van der Waals surface area contributed by atoms with Crippen molar-refractivity contribution in [1.82, 2.24) is 0 Å². The molecule has 0 bridgehead atoms. The lowest BCUT2D eigenvalue weighted by molar-refractivity contribution is -0.117. The molecule has 28 heavy (non-hydrogen) atoms. The van der Waals surface area contributed by atoms with Crippen molar-refractivity contribution in [2.24, 2.45) is 0 Å². The van der Waals surface area contributed by atoms with Crippen LogP contribution >= 0.6 is 11.3 Å². The summed E-state index contributed by atoms with van der Waals surface area (Å²) >= 11 is 1.14. The van der Waals surface area contributed by atoms with Gasteiger partial charge >= 0.3 is 0 Å². The van der Waals surface area contributed by atoms with Crippen LogP contribution < -0.4 is 4.90 Å². The van der Waals surface area contributed by atoms with Gasteiger partial charge in [0.25, 0.3) is 5.91 Å². The minimum atomic E-state index is -1.23. The van der Waals surface area contributed by atoms with E-state index in [2.05, 4.69) is 0 Å². The number of aliphatic hydroxyl groups excluding tert-OH is 1. The molecule has 0 saturated carbocycles. The summed E-state index contributed by atoms with van der Waals surface area (Å²) in [7, 11) is 0. The molecule has 1 atom stereocenters. The van der Waals surface area contributed by atoms with Gasteiger partial charge in [0.05, 0.1) is 16.1 Å². The average molecular weight is 401 g/mol. The number of carbonyl (C=O) groups excluding carboxylic acids is 2. The maximum atomic E-state index is 14.4. The number of aliphatic hydroxyl groups is 1. The van der Waals surface area contributed by atoms with Gasteiger partial charge in [-0.05, 0) is 42.6 Å². The van der Waals surface area contributed by atoms with Gasteiger partial charge in [0, 0.05) is 6.07 Å². The topological polar surface area (TPSA) is 70.8 Å². The Hall–Kier alpha value is -3.26. The highest BCUT2D eigenvalue weighted by atomic mass is 32.1. The maximum absolute atomic E-state index is 14.4. The molecule has 1 N–H and O–H groups in total. The smallest absolute Gasteiger partial charge is 0.294 e. The van der Waals surface area contributed by atoms with Crippen LogP contribution in [0, 0.1) is 18.6 Å². The van der Waals surface area contributed by atoms with Gasteiger partial charge in [0.15, 0.2) is 5.76 Å². The summed E-state index contributed by atoms with van der Waals surface area (Å²) < 4.78 is 33.8. The first kappa shape index (κ1) is 18.1. The van der Waals surface area contributed by atoms with Gasteiger partial charge < -0.3 is 9.52 Å². The summed E-state index contributed by atoms with van der Waals surface area (Å²) in [6.45, 7) is 1.66. The average Bonchev–Trinajstić information content (AvgIpc) is 3.38. The molecule has 1 aliphatic heterocycles. The lowest BCUT2D eigenvalue weighted by atomic mass is 10.00. The van der Waals surface area contributed by atoms with Crippen molar-refractivity contribution in [1.29, 1.82) is 0 Å². The number of halogens is 2. The first-order chi connectivity index (χ1) is 13.4. The van der Waals surface area contributed by atoms with Crippen molar-refractivity contribution in [2.75, 3.05) is 4.90 Å².